The highest BCUT2D eigenvalue weighted by molar-refractivity contribution is 7.90. The lowest BCUT2D eigenvalue weighted by atomic mass is 10.1. The summed E-state index contributed by atoms with van der Waals surface area (Å²) >= 11 is 5.89. The molecule has 3 N–H and O–H groups in total. The SMILES string of the molecule is COC(=O)c1ccc(S(C)(=O)=O)c(C(=O)NN)c1Cl. The number of carbonyl (C=O) groups excluding carboxylic acids is 2. The molecule has 0 heterocycles. The van der Waals surface area contributed by atoms with Gasteiger partial charge in [0, 0.05) is 6.26 Å². The van der Waals surface area contributed by atoms with Gasteiger partial charge in [-0.15, -0.1) is 0 Å². The van der Waals surface area contributed by atoms with Crippen LogP contribution in [0.5, 0.6) is 0 Å². The number of hydrazine groups is 1. The minimum atomic E-state index is -3.71. The number of esters is 1. The highest BCUT2D eigenvalue weighted by Gasteiger charge is 2.26. The molecule has 0 aliphatic rings. The third-order valence-electron chi connectivity index (χ3n) is 2.27. The second-order valence-electron chi connectivity index (χ2n) is 3.54. The first kappa shape index (κ1) is 15.4. The van der Waals surface area contributed by atoms with Crippen LogP contribution in [0.1, 0.15) is 20.7 Å². The summed E-state index contributed by atoms with van der Waals surface area (Å²) < 4.78 is 27.6. The topological polar surface area (TPSA) is 116 Å². The maximum absolute atomic E-state index is 11.6. The predicted molar refractivity (Wildman–Crippen MR) is 67.6 cm³/mol. The Morgan fingerprint density at radius 3 is 2.37 bits per heavy atom. The van der Waals surface area contributed by atoms with Crippen molar-refractivity contribution in [2.75, 3.05) is 13.4 Å². The largest absolute Gasteiger partial charge is 0.465 e. The van der Waals surface area contributed by atoms with E-state index in [4.69, 9.17) is 17.4 Å². The number of halogens is 1. The van der Waals surface area contributed by atoms with Crippen molar-refractivity contribution in [2.45, 2.75) is 4.90 Å². The lowest BCUT2D eigenvalue weighted by Gasteiger charge is -2.11. The Morgan fingerprint density at radius 2 is 1.95 bits per heavy atom. The molecule has 1 amide bonds. The molecule has 0 atom stereocenters. The molecule has 0 aromatic heterocycles. The lowest BCUT2D eigenvalue weighted by molar-refractivity contribution is 0.0601. The van der Waals surface area contributed by atoms with Crippen molar-refractivity contribution in [3.63, 3.8) is 0 Å². The predicted octanol–water partition coefficient (Wildman–Crippen LogP) is 0.134. The fourth-order valence-electron chi connectivity index (χ4n) is 1.42. The summed E-state index contributed by atoms with van der Waals surface area (Å²) in [6.07, 6.45) is 0.907. The van der Waals surface area contributed by atoms with Gasteiger partial charge in [-0.25, -0.2) is 19.1 Å². The van der Waals surface area contributed by atoms with Gasteiger partial charge < -0.3 is 4.74 Å². The van der Waals surface area contributed by atoms with Crippen molar-refractivity contribution in [3.05, 3.63) is 28.3 Å². The summed E-state index contributed by atoms with van der Waals surface area (Å²) in [5, 5.41) is -0.335. The smallest absolute Gasteiger partial charge is 0.339 e. The lowest BCUT2D eigenvalue weighted by Crippen LogP contribution is -2.32. The van der Waals surface area contributed by atoms with Crippen molar-refractivity contribution in [2.24, 2.45) is 5.84 Å². The van der Waals surface area contributed by atoms with Crippen molar-refractivity contribution in [1.82, 2.24) is 5.43 Å². The Labute approximate surface area is 114 Å². The number of hydrogen-bond acceptors (Lipinski definition) is 6. The number of sulfone groups is 1. The number of ether oxygens (including phenoxy) is 1. The van der Waals surface area contributed by atoms with E-state index in [0.717, 1.165) is 25.5 Å². The zero-order valence-electron chi connectivity index (χ0n) is 10.1. The number of rotatable bonds is 3. The molecule has 0 fully saturated rings. The van der Waals surface area contributed by atoms with Crippen LogP contribution in [0.4, 0.5) is 0 Å². The Balaban J connectivity index is 3.69. The number of nitrogens with two attached hydrogens (primary N) is 1. The summed E-state index contributed by atoms with van der Waals surface area (Å²) in [6, 6.07) is 2.26. The van der Waals surface area contributed by atoms with Gasteiger partial charge >= 0.3 is 5.97 Å². The van der Waals surface area contributed by atoms with Crippen LogP contribution < -0.4 is 11.3 Å². The van der Waals surface area contributed by atoms with Crippen LogP contribution in [-0.4, -0.2) is 33.7 Å². The summed E-state index contributed by atoms with van der Waals surface area (Å²) in [7, 11) is -2.58. The first-order valence-electron chi connectivity index (χ1n) is 4.85. The molecule has 1 aromatic carbocycles. The Morgan fingerprint density at radius 1 is 1.37 bits per heavy atom. The molecule has 1 aromatic rings. The molecule has 0 spiro atoms. The molecule has 0 unspecified atom stereocenters. The van der Waals surface area contributed by atoms with Crippen molar-refractivity contribution in [1.29, 1.82) is 0 Å². The molecule has 0 saturated carbocycles. The van der Waals surface area contributed by atoms with Crippen LogP contribution in [0.15, 0.2) is 17.0 Å². The molecule has 19 heavy (non-hydrogen) atoms. The van der Waals surface area contributed by atoms with Crippen LogP contribution in [0.2, 0.25) is 5.02 Å². The van der Waals surface area contributed by atoms with Crippen molar-refractivity contribution >= 4 is 33.3 Å². The number of nitrogen functional groups attached to an aromatic ring is 1. The van der Waals surface area contributed by atoms with Crippen LogP contribution in [0.25, 0.3) is 0 Å². The van der Waals surface area contributed by atoms with E-state index in [-0.39, 0.29) is 15.5 Å². The fourth-order valence-corrected chi connectivity index (χ4v) is 2.68. The van der Waals surface area contributed by atoms with Gasteiger partial charge in [-0.2, -0.15) is 0 Å². The normalized spacial score (nSPS) is 10.9. The molecule has 0 aliphatic carbocycles. The van der Waals surface area contributed by atoms with Crippen molar-refractivity contribution in [3.8, 4) is 0 Å². The summed E-state index contributed by atoms with van der Waals surface area (Å²) in [5.74, 6) is 3.26. The Kier molecular flexibility index (Phi) is 4.51. The molecule has 0 saturated heterocycles. The van der Waals surface area contributed by atoms with Crippen molar-refractivity contribution < 1.29 is 22.7 Å². The van der Waals surface area contributed by atoms with Gasteiger partial charge in [0.2, 0.25) is 0 Å². The number of carbonyl (C=O) groups is 2. The highest BCUT2D eigenvalue weighted by Crippen LogP contribution is 2.28. The first-order valence-corrected chi connectivity index (χ1v) is 7.12. The molecule has 0 radical (unpaired) electrons. The first-order chi connectivity index (χ1) is 8.73. The van der Waals surface area contributed by atoms with E-state index in [1.54, 1.807) is 5.43 Å². The van der Waals surface area contributed by atoms with Crippen LogP contribution >= 0.6 is 11.6 Å². The van der Waals surface area contributed by atoms with E-state index < -0.39 is 27.3 Å². The monoisotopic (exact) mass is 306 g/mol. The third kappa shape index (κ3) is 3.03. The molecule has 7 nitrogen and oxygen atoms in total. The zero-order valence-corrected chi connectivity index (χ0v) is 11.6. The van der Waals surface area contributed by atoms with Crippen LogP contribution in [0, 0.1) is 0 Å². The van der Waals surface area contributed by atoms with Gasteiger partial charge in [-0.3, -0.25) is 10.2 Å². The van der Waals surface area contributed by atoms with E-state index in [1.165, 1.54) is 0 Å². The fraction of sp³-hybridized carbons (Fsp3) is 0.200. The number of methoxy groups -OCH3 is 1. The number of hydrogen-bond donors (Lipinski definition) is 2. The molecular formula is C10H11ClN2O5S. The second-order valence-corrected chi connectivity index (χ2v) is 5.90. The van der Waals surface area contributed by atoms with E-state index in [2.05, 4.69) is 4.74 Å². The quantitative estimate of drug-likeness (QED) is 0.355. The number of nitrogens with one attached hydrogen (secondary N) is 1. The summed E-state index contributed by atoms with van der Waals surface area (Å²) in [4.78, 5) is 22.7. The van der Waals surface area contributed by atoms with Gasteiger partial charge in [-0.05, 0) is 12.1 Å². The van der Waals surface area contributed by atoms with E-state index in [0.29, 0.717) is 0 Å². The van der Waals surface area contributed by atoms with Gasteiger partial charge in [0.1, 0.15) is 0 Å². The van der Waals surface area contributed by atoms with E-state index >= 15 is 0 Å². The average Bonchev–Trinajstić information content (AvgIpc) is 2.35. The van der Waals surface area contributed by atoms with E-state index in [9.17, 15) is 18.0 Å². The minimum absolute atomic E-state index is 0.129. The highest BCUT2D eigenvalue weighted by atomic mass is 35.5. The van der Waals surface area contributed by atoms with Crippen LogP contribution in [0.3, 0.4) is 0 Å². The third-order valence-corrected chi connectivity index (χ3v) is 3.80. The minimum Gasteiger partial charge on any atom is -0.465 e. The van der Waals surface area contributed by atoms with Gasteiger partial charge in [0.15, 0.2) is 9.84 Å². The standard InChI is InChI=1S/C10H11ClN2O5S/c1-18-10(15)5-3-4-6(19(2,16)17)7(8(5)11)9(14)13-12/h3-4H,12H2,1-2H3,(H,13,14). The Bertz CT molecular complexity index is 642. The maximum atomic E-state index is 11.6. The molecule has 9 heteroatoms. The van der Waals surface area contributed by atoms with Gasteiger partial charge in [0.05, 0.1) is 28.2 Å². The summed E-state index contributed by atoms with van der Waals surface area (Å²) in [5.41, 5.74) is 1.26. The molecule has 104 valence electrons. The molecular weight excluding hydrogens is 296 g/mol. The molecule has 1 rings (SSSR count). The average molecular weight is 307 g/mol. The summed E-state index contributed by atoms with van der Waals surface area (Å²) in [6.45, 7) is 0. The van der Waals surface area contributed by atoms with E-state index in [1.807, 2.05) is 0 Å². The van der Waals surface area contributed by atoms with Gasteiger partial charge in [-0.1, -0.05) is 11.6 Å². The number of amides is 1. The maximum Gasteiger partial charge on any atom is 0.339 e. The zero-order chi connectivity index (χ0) is 14.8. The Hall–Kier alpha value is -1.64. The molecule has 0 aliphatic heterocycles. The van der Waals surface area contributed by atoms with Gasteiger partial charge in [0.25, 0.3) is 5.91 Å². The molecule has 0 bridgehead atoms. The second kappa shape index (κ2) is 5.55. The van der Waals surface area contributed by atoms with Crippen LogP contribution in [-0.2, 0) is 14.6 Å². The number of benzene rings is 1.